The molecule has 0 aliphatic carbocycles. The third-order valence-electron chi connectivity index (χ3n) is 2.51. The third-order valence-corrected chi connectivity index (χ3v) is 2.51. The standard InChI is InChI=1S/C14H9FO3/c15-12-6-5-11(13(16)7-8-14(17)18)9-3-1-2-4-10(9)12/h1-8H,(H,17,18). The van der Waals surface area contributed by atoms with E-state index in [0.29, 0.717) is 10.8 Å². The van der Waals surface area contributed by atoms with Crippen molar-refractivity contribution in [2.75, 3.05) is 0 Å². The van der Waals surface area contributed by atoms with E-state index >= 15 is 0 Å². The van der Waals surface area contributed by atoms with Gasteiger partial charge in [0.1, 0.15) is 5.82 Å². The van der Waals surface area contributed by atoms with Crippen LogP contribution in [-0.2, 0) is 4.79 Å². The molecule has 0 atom stereocenters. The summed E-state index contributed by atoms with van der Waals surface area (Å²) in [6, 6.07) is 9.12. The highest BCUT2D eigenvalue weighted by Gasteiger charge is 2.10. The number of fused-ring (bicyclic) bond motifs is 1. The molecule has 0 spiro atoms. The van der Waals surface area contributed by atoms with E-state index < -0.39 is 17.6 Å². The molecule has 0 unspecified atom stereocenters. The molecule has 3 nitrogen and oxygen atoms in total. The number of benzene rings is 2. The molecule has 2 aromatic rings. The molecule has 0 saturated carbocycles. The molecular formula is C14H9FO3. The van der Waals surface area contributed by atoms with Gasteiger partial charge in [-0.1, -0.05) is 24.3 Å². The Labute approximate surface area is 102 Å². The van der Waals surface area contributed by atoms with Crippen LogP contribution in [0.25, 0.3) is 10.8 Å². The number of carbonyl (C=O) groups is 2. The van der Waals surface area contributed by atoms with Crippen LogP contribution >= 0.6 is 0 Å². The average molecular weight is 244 g/mol. The molecule has 1 N–H and O–H groups in total. The molecule has 0 radical (unpaired) electrons. The lowest BCUT2D eigenvalue weighted by molar-refractivity contribution is -0.131. The number of allylic oxidation sites excluding steroid dienone is 1. The van der Waals surface area contributed by atoms with Crippen LogP contribution < -0.4 is 0 Å². The molecule has 18 heavy (non-hydrogen) atoms. The first-order chi connectivity index (χ1) is 8.59. The molecule has 0 aromatic heterocycles. The van der Waals surface area contributed by atoms with Crippen LogP contribution in [0.4, 0.5) is 4.39 Å². The van der Waals surface area contributed by atoms with Gasteiger partial charge in [0.15, 0.2) is 5.78 Å². The highest BCUT2D eigenvalue weighted by atomic mass is 19.1. The summed E-state index contributed by atoms with van der Waals surface area (Å²) in [7, 11) is 0. The second-order valence-corrected chi connectivity index (χ2v) is 3.68. The van der Waals surface area contributed by atoms with Gasteiger partial charge in [-0.25, -0.2) is 9.18 Å². The van der Waals surface area contributed by atoms with Crippen molar-refractivity contribution in [3.63, 3.8) is 0 Å². The smallest absolute Gasteiger partial charge is 0.328 e. The van der Waals surface area contributed by atoms with Crippen molar-refractivity contribution in [2.24, 2.45) is 0 Å². The zero-order valence-corrected chi connectivity index (χ0v) is 9.26. The van der Waals surface area contributed by atoms with E-state index in [1.165, 1.54) is 12.1 Å². The maximum Gasteiger partial charge on any atom is 0.328 e. The summed E-state index contributed by atoms with van der Waals surface area (Å²) in [5.41, 5.74) is 0.282. The van der Waals surface area contributed by atoms with E-state index in [-0.39, 0.29) is 5.56 Å². The molecule has 0 saturated heterocycles. The third kappa shape index (κ3) is 2.27. The zero-order valence-electron chi connectivity index (χ0n) is 9.26. The van der Waals surface area contributed by atoms with Crippen molar-refractivity contribution < 1.29 is 19.1 Å². The van der Waals surface area contributed by atoms with Crippen LogP contribution in [0.1, 0.15) is 10.4 Å². The molecule has 2 rings (SSSR count). The summed E-state index contributed by atoms with van der Waals surface area (Å²) in [6.45, 7) is 0. The fourth-order valence-electron chi connectivity index (χ4n) is 1.71. The van der Waals surface area contributed by atoms with Gasteiger partial charge in [-0.15, -0.1) is 0 Å². The molecule has 90 valence electrons. The van der Waals surface area contributed by atoms with Gasteiger partial charge in [0.2, 0.25) is 0 Å². The van der Waals surface area contributed by atoms with Gasteiger partial charge in [0.05, 0.1) is 0 Å². The number of hydrogen-bond donors (Lipinski definition) is 1. The number of carboxylic acids is 1. The van der Waals surface area contributed by atoms with Crippen LogP contribution in [0.15, 0.2) is 48.6 Å². The lowest BCUT2D eigenvalue weighted by Gasteiger charge is -2.04. The average Bonchev–Trinajstić information content (AvgIpc) is 2.37. The Morgan fingerprint density at radius 1 is 1.00 bits per heavy atom. The monoisotopic (exact) mass is 244 g/mol. The maximum atomic E-state index is 13.5. The Balaban J connectivity index is 2.55. The van der Waals surface area contributed by atoms with E-state index in [9.17, 15) is 14.0 Å². The zero-order chi connectivity index (χ0) is 13.1. The van der Waals surface area contributed by atoms with Crippen molar-refractivity contribution in [3.8, 4) is 0 Å². The van der Waals surface area contributed by atoms with E-state index in [0.717, 1.165) is 12.2 Å². The first-order valence-electron chi connectivity index (χ1n) is 5.22. The Morgan fingerprint density at radius 3 is 2.33 bits per heavy atom. The van der Waals surface area contributed by atoms with Gasteiger partial charge in [-0.05, 0) is 23.6 Å². The van der Waals surface area contributed by atoms with Crippen molar-refractivity contribution >= 4 is 22.5 Å². The molecule has 0 aliphatic heterocycles. The van der Waals surface area contributed by atoms with E-state index in [1.807, 2.05) is 0 Å². The molecule has 0 amide bonds. The molecule has 0 fully saturated rings. The largest absolute Gasteiger partial charge is 0.478 e. The SMILES string of the molecule is O=C(O)C=CC(=O)c1ccc(F)c2ccccc12. The number of carboxylic acid groups (broad SMARTS) is 1. The quantitative estimate of drug-likeness (QED) is 0.667. The van der Waals surface area contributed by atoms with Gasteiger partial charge in [0, 0.05) is 17.0 Å². The van der Waals surface area contributed by atoms with Gasteiger partial charge in [-0.3, -0.25) is 4.79 Å². The lowest BCUT2D eigenvalue weighted by Crippen LogP contribution is -1.98. The second-order valence-electron chi connectivity index (χ2n) is 3.68. The van der Waals surface area contributed by atoms with Crippen LogP contribution in [-0.4, -0.2) is 16.9 Å². The predicted octanol–water partition coefficient (Wildman–Crippen LogP) is 2.80. The Kier molecular flexibility index (Phi) is 3.19. The van der Waals surface area contributed by atoms with E-state index in [1.54, 1.807) is 24.3 Å². The normalized spacial score (nSPS) is 10.9. The van der Waals surface area contributed by atoms with Crippen LogP contribution in [0, 0.1) is 5.82 Å². The van der Waals surface area contributed by atoms with Gasteiger partial charge in [0.25, 0.3) is 0 Å². The summed E-state index contributed by atoms with van der Waals surface area (Å²) in [5, 5.41) is 9.28. The van der Waals surface area contributed by atoms with Crippen molar-refractivity contribution in [1.29, 1.82) is 0 Å². The first-order valence-corrected chi connectivity index (χ1v) is 5.22. The number of carbonyl (C=O) groups excluding carboxylic acids is 1. The molecule has 0 aliphatic rings. The number of rotatable bonds is 3. The fourth-order valence-corrected chi connectivity index (χ4v) is 1.71. The minimum Gasteiger partial charge on any atom is -0.478 e. The molecule has 0 bridgehead atoms. The minimum absolute atomic E-state index is 0.282. The summed E-state index contributed by atoms with van der Waals surface area (Å²) >= 11 is 0. The van der Waals surface area contributed by atoms with Crippen LogP contribution in [0.3, 0.4) is 0 Å². The topological polar surface area (TPSA) is 54.4 Å². The van der Waals surface area contributed by atoms with Gasteiger partial charge < -0.3 is 5.11 Å². The van der Waals surface area contributed by atoms with Crippen molar-refractivity contribution in [2.45, 2.75) is 0 Å². The van der Waals surface area contributed by atoms with Crippen LogP contribution in [0.5, 0.6) is 0 Å². The number of ketones is 1. The van der Waals surface area contributed by atoms with Gasteiger partial charge >= 0.3 is 5.97 Å². The molecular weight excluding hydrogens is 235 g/mol. The highest BCUT2D eigenvalue weighted by Crippen LogP contribution is 2.22. The number of aliphatic carboxylic acids is 1. The van der Waals surface area contributed by atoms with Crippen LogP contribution in [0.2, 0.25) is 0 Å². The lowest BCUT2D eigenvalue weighted by atomic mass is 10.0. The first kappa shape index (κ1) is 12.0. The fraction of sp³-hybridized carbons (Fsp3) is 0. The Hall–Kier alpha value is -2.49. The number of hydrogen-bond acceptors (Lipinski definition) is 2. The molecule has 0 heterocycles. The van der Waals surface area contributed by atoms with Gasteiger partial charge in [-0.2, -0.15) is 0 Å². The maximum absolute atomic E-state index is 13.5. The van der Waals surface area contributed by atoms with Crippen molar-refractivity contribution in [1.82, 2.24) is 0 Å². The highest BCUT2D eigenvalue weighted by molar-refractivity contribution is 6.14. The Morgan fingerprint density at radius 2 is 1.67 bits per heavy atom. The minimum atomic E-state index is -1.20. The summed E-state index contributed by atoms with van der Waals surface area (Å²) in [6.07, 6.45) is 1.72. The molecule has 2 aromatic carbocycles. The molecule has 4 heteroatoms. The van der Waals surface area contributed by atoms with Crippen molar-refractivity contribution in [3.05, 3.63) is 59.9 Å². The van der Waals surface area contributed by atoms with E-state index in [4.69, 9.17) is 5.11 Å². The van der Waals surface area contributed by atoms with E-state index in [2.05, 4.69) is 0 Å². The predicted molar refractivity (Wildman–Crippen MR) is 65.0 cm³/mol. The summed E-state index contributed by atoms with van der Waals surface area (Å²) in [5.74, 6) is -2.08. The number of halogens is 1. The Bertz CT molecular complexity index is 659. The summed E-state index contributed by atoms with van der Waals surface area (Å²) in [4.78, 5) is 22.2. The second kappa shape index (κ2) is 4.79. The summed E-state index contributed by atoms with van der Waals surface area (Å²) < 4.78 is 13.5.